The van der Waals surface area contributed by atoms with E-state index in [2.05, 4.69) is 27.7 Å². The number of piperazine rings is 1. The number of nitrogens with zero attached hydrogens (tertiary/aromatic N) is 3. The molecule has 1 fully saturated rings. The lowest BCUT2D eigenvalue weighted by atomic mass is 10.1. The Morgan fingerprint density at radius 3 is 2.59 bits per heavy atom. The smallest absolute Gasteiger partial charge is 0.322 e. The predicted molar refractivity (Wildman–Crippen MR) is 126 cm³/mol. The number of rotatable bonds is 8. The molecule has 8 heteroatoms. The van der Waals surface area contributed by atoms with Gasteiger partial charge in [-0.3, -0.25) is 9.69 Å². The first kappa shape index (κ1) is 23.6. The maximum Gasteiger partial charge on any atom is 0.322 e. The van der Waals surface area contributed by atoms with Crippen LogP contribution < -0.4 is 15.4 Å². The summed E-state index contributed by atoms with van der Waals surface area (Å²) in [5.74, 6) is 0.527. The van der Waals surface area contributed by atoms with E-state index < -0.39 is 6.04 Å². The van der Waals surface area contributed by atoms with E-state index in [1.165, 1.54) is 5.56 Å². The largest absolute Gasteiger partial charge is 0.497 e. The highest BCUT2D eigenvalue weighted by Crippen LogP contribution is 2.19. The molecule has 0 bridgehead atoms. The molecule has 1 unspecified atom stereocenters. The van der Waals surface area contributed by atoms with Gasteiger partial charge >= 0.3 is 6.03 Å². The summed E-state index contributed by atoms with van der Waals surface area (Å²) in [5, 5.41) is 5.90. The third-order valence-corrected chi connectivity index (χ3v) is 5.46. The Balaban J connectivity index is 1.70. The van der Waals surface area contributed by atoms with Gasteiger partial charge in [-0.15, -0.1) is 0 Å². The summed E-state index contributed by atoms with van der Waals surface area (Å²) in [4.78, 5) is 32.0. The zero-order chi connectivity index (χ0) is 22.9. The summed E-state index contributed by atoms with van der Waals surface area (Å²) in [6.45, 7) is 3.66. The standard InChI is InChI=1S/C24H33N5O3/c1-27(2)13-12-25-23(30)22-18-28(17-19-8-5-4-6-9-19)14-15-29(22)24(31)26-20-10-7-11-21(16-20)32-3/h4-11,16,22H,12-15,17-18H2,1-3H3,(H,25,30)(H,26,31). The van der Waals surface area contributed by atoms with Crippen LogP contribution in [0, 0.1) is 0 Å². The van der Waals surface area contributed by atoms with E-state index in [0.717, 1.165) is 13.1 Å². The number of carbonyl (C=O) groups is 2. The first-order valence-electron chi connectivity index (χ1n) is 10.9. The Bertz CT molecular complexity index is 890. The van der Waals surface area contributed by atoms with Crippen molar-refractivity contribution in [2.45, 2.75) is 12.6 Å². The lowest BCUT2D eigenvalue weighted by Gasteiger charge is -2.40. The number of benzene rings is 2. The highest BCUT2D eigenvalue weighted by molar-refractivity contribution is 5.94. The molecule has 2 aromatic carbocycles. The Kier molecular flexibility index (Phi) is 8.47. The molecule has 1 aliphatic rings. The molecule has 172 valence electrons. The maximum absolute atomic E-state index is 13.1. The highest BCUT2D eigenvalue weighted by atomic mass is 16.5. The van der Waals surface area contributed by atoms with E-state index in [1.807, 2.05) is 49.3 Å². The lowest BCUT2D eigenvalue weighted by Crippen LogP contribution is -2.61. The van der Waals surface area contributed by atoms with Gasteiger partial charge < -0.3 is 25.2 Å². The van der Waals surface area contributed by atoms with Crippen molar-refractivity contribution in [3.05, 3.63) is 60.2 Å². The molecule has 1 saturated heterocycles. The van der Waals surface area contributed by atoms with Gasteiger partial charge in [-0.05, 0) is 31.8 Å². The van der Waals surface area contributed by atoms with Crippen molar-refractivity contribution in [1.82, 2.24) is 20.0 Å². The summed E-state index contributed by atoms with van der Waals surface area (Å²) >= 11 is 0. The normalized spacial score (nSPS) is 16.6. The van der Waals surface area contributed by atoms with Crippen LogP contribution in [0.15, 0.2) is 54.6 Å². The van der Waals surface area contributed by atoms with E-state index in [4.69, 9.17) is 4.74 Å². The van der Waals surface area contributed by atoms with Gasteiger partial charge in [0, 0.05) is 51.0 Å². The third kappa shape index (κ3) is 6.70. The van der Waals surface area contributed by atoms with Crippen LogP contribution in [0.5, 0.6) is 5.75 Å². The van der Waals surface area contributed by atoms with Crippen molar-refractivity contribution in [2.75, 3.05) is 59.2 Å². The number of methoxy groups -OCH3 is 1. The van der Waals surface area contributed by atoms with Crippen LogP contribution in [0.3, 0.4) is 0 Å². The fourth-order valence-electron chi connectivity index (χ4n) is 3.71. The molecule has 8 nitrogen and oxygen atoms in total. The number of carbonyl (C=O) groups excluding carboxylic acids is 2. The van der Waals surface area contributed by atoms with E-state index >= 15 is 0 Å². The van der Waals surface area contributed by atoms with Gasteiger partial charge in [0.05, 0.1) is 7.11 Å². The van der Waals surface area contributed by atoms with Gasteiger partial charge in [-0.1, -0.05) is 36.4 Å². The second-order valence-electron chi connectivity index (χ2n) is 8.19. The molecule has 0 aliphatic carbocycles. The number of nitrogens with one attached hydrogen (secondary N) is 2. The summed E-state index contributed by atoms with van der Waals surface area (Å²) < 4.78 is 5.24. The Morgan fingerprint density at radius 1 is 1.09 bits per heavy atom. The van der Waals surface area contributed by atoms with Crippen LogP contribution in [0.1, 0.15) is 5.56 Å². The molecule has 0 aromatic heterocycles. The van der Waals surface area contributed by atoms with E-state index in [-0.39, 0.29) is 11.9 Å². The van der Waals surface area contributed by atoms with E-state index in [9.17, 15) is 9.59 Å². The fraction of sp³-hybridized carbons (Fsp3) is 0.417. The molecular weight excluding hydrogens is 406 g/mol. The molecular formula is C24H33N5O3. The molecule has 0 radical (unpaired) electrons. The molecule has 3 amide bonds. The maximum atomic E-state index is 13.1. The van der Waals surface area contributed by atoms with Crippen molar-refractivity contribution >= 4 is 17.6 Å². The summed E-state index contributed by atoms with van der Waals surface area (Å²) in [6, 6.07) is 16.5. The zero-order valence-electron chi connectivity index (χ0n) is 19.1. The van der Waals surface area contributed by atoms with Crippen molar-refractivity contribution in [3.63, 3.8) is 0 Å². The third-order valence-electron chi connectivity index (χ3n) is 5.46. The van der Waals surface area contributed by atoms with Crippen LogP contribution in [-0.4, -0.2) is 86.6 Å². The molecule has 2 N–H and O–H groups in total. The lowest BCUT2D eigenvalue weighted by molar-refractivity contribution is -0.127. The average molecular weight is 440 g/mol. The van der Waals surface area contributed by atoms with Crippen molar-refractivity contribution in [2.24, 2.45) is 0 Å². The fourth-order valence-corrected chi connectivity index (χ4v) is 3.71. The highest BCUT2D eigenvalue weighted by Gasteiger charge is 2.35. The minimum Gasteiger partial charge on any atom is -0.497 e. The first-order chi connectivity index (χ1) is 15.5. The van der Waals surface area contributed by atoms with E-state index in [1.54, 1.807) is 24.1 Å². The number of amides is 3. The molecule has 1 aliphatic heterocycles. The Labute approximate surface area is 190 Å². The van der Waals surface area contributed by atoms with Gasteiger partial charge in [-0.2, -0.15) is 0 Å². The van der Waals surface area contributed by atoms with Gasteiger partial charge in [0.2, 0.25) is 5.91 Å². The van der Waals surface area contributed by atoms with E-state index in [0.29, 0.717) is 37.6 Å². The number of anilines is 1. The summed E-state index contributed by atoms with van der Waals surface area (Å²) in [7, 11) is 5.51. The zero-order valence-corrected chi connectivity index (χ0v) is 19.1. The second-order valence-corrected chi connectivity index (χ2v) is 8.19. The second kappa shape index (κ2) is 11.5. The molecule has 1 atom stereocenters. The van der Waals surface area contributed by atoms with Gasteiger partial charge in [0.1, 0.15) is 11.8 Å². The first-order valence-corrected chi connectivity index (χ1v) is 10.9. The molecule has 0 saturated carbocycles. The van der Waals surface area contributed by atoms with Gasteiger partial charge in [0.15, 0.2) is 0 Å². The summed E-state index contributed by atoms with van der Waals surface area (Å²) in [5.41, 5.74) is 1.82. The average Bonchev–Trinajstić information content (AvgIpc) is 2.79. The number of urea groups is 1. The van der Waals surface area contributed by atoms with Crippen LogP contribution in [0.25, 0.3) is 0 Å². The number of hydrogen-bond donors (Lipinski definition) is 2. The van der Waals surface area contributed by atoms with Crippen molar-refractivity contribution < 1.29 is 14.3 Å². The monoisotopic (exact) mass is 439 g/mol. The SMILES string of the molecule is COc1cccc(NC(=O)N2CCN(Cc3ccccc3)CC2C(=O)NCCN(C)C)c1. The van der Waals surface area contributed by atoms with Gasteiger partial charge in [0.25, 0.3) is 0 Å². The van der Waals surface area contributed by atoms with Crippen LogP contribution in [0.2, 0.25) is 0 Å². The molecule has 2 aromatic rings. The minimum atomic E-state index is -0.569. The topological polar surface area (TPSA) is 77.1 Å². The quantitative estimate of drug-likeness (QED) is 0.659. The van der Waals surface area contributed by atoms with Crippen molar-refractivity contribution in [1.29, 1.82) is 0 Å². The molecule has 32 heavy (non-hydrogen) atoms. The predicted octanol–water partition coefficient (Wildman–Crippen LogP) is 2.09. The van der Waals surface area contributed by atoms with Gasteiger partial charge in [-0.25, -0.2) is 4.79 Å². The molecule has 0 spiro atoms. The summed E-state index contributed by atoms with van der Waals surface area (Å²) in [6.07, 6.45) is 0. The van der Waals surface area contributed by atoms with Crippen LogP contribution >= 0.6 is 0 Å². The molecule has 1 heterocycles. The number of hydrogen-bond acceptors (Lipinski definition) is 5. The Hall–Kier alpha value is -3.10. The Morgan fingerprint density at radius 2 is 1.88 bits per heavy atom. The number of ether oxygens (including phenoxy) is 1. The van der Waals surface area contributed by atoms with Crippen LogP contribution in [0.4, 0.5) is 10.5 Å². The van der Waals surface area contributed by atoms with Crippen molar-refractivity contribution in [3.8, 4) is 5.75 Å². The minimum absolute atomic E-state index is 0.134. The molecule has 3 rings (SSSR count). The van der Waals surface area contributed by atoms with Crippen LogP contribution in [-0.2, 0) is 11.3 Å². The number of likely N-dealkylation sites (N-methyl/N-ethyl adjacent to an activating group) is 1.